The van der Waals surface area contributed by atoms with E-state index in [-0.39, 0.29) is 0 Å². The van der Waals surface area contributed by atoms with Crippen LogP contribution in [0.5, 0.6) is 0 Å². The van der Waals surface area contributed by atoms with Gasteiger partial charge in [0.05, 0.1) is 0 Å². The highest BCUT2D eigenvalue weighted by molar-refractivity contribution is 5.92. The van der Waals surface area contributed by atoms with E-state index in [1.165, 1.54) is 22.3 Å². The van der Waals surface area contributed by atoms with Crippen molar-refractivity contribution in [1.29, 1.82) is 0 Å². The molecule has 0 N–H and O–H groups in total. The Labute approximate surface area is 136 Å². The molecule has 0 atom stereocenters. The first-order chi connectivity index (χ1) is 11.3. The van der Waals surface area contributed by atoms with Crippen LogP contribution in [0, 0.1) is 6.92 Å². The van der Waals surface area contributed by atoms with Gasteiger partial charge in [0.15, 0.2) is 0 Å². The summed E-state index contributed by atoms with van der Waals surface area (Å²) in [5, 5.41) is 0. The van der Waals surface area contributed by atoms with E-state index in [0.29, 0.717) is 5.56 Å². The topological polar surface area (TPSA) is 17.1 Å². The summed E-state index contributed by atoms with van der Waals surface area (Å²) < 4.78 is 0. The van der Waals surface area contributed by atoms with E-state index in [1.807, 2.05) is 30.3 Å². The van der Waals surface area contributed by atoms with E-state index in [1.54, 1.807) is 0 Å². The van der Waals surface area contributed by atoms with Crippen molar-refractivity contribution in [2.75, 3.05) is 0 Å². The van der Waals surface area contributed by atoms with Crippen molar-refractivity contribution in [1.82, 2.24) is 0 Å². The number of benzene rings is 3. The number of carbonyl (C=O) groups is 1. The lowest BCUT2D eigenvalue weighted by Gasteiger charge is -2.12. The molecule has 3 aromatic rings. The lowest BCUT2D eigenvalue weighted by Crippen LogP contribution is -1.91. The van der Waals surface area contributed by atoms with E-state index in [2.05, 4.69) is 61.5 Å². The molecule has 0 spiro atoms. The van der Waals surface area contributed by atoms with Crippen molar-refractivity contribution >= 4 is 17.9 Å². The van der Waals surface area contributed by atoms with Gasteiger partial charge in [0.25, 0.3) is 0 Å². The lowest BCUT2D eigenvalue weighted by molar-refractivity contribution is 0.112. The highest BCUT2D eigenvalue weighted by Gasteiger charge is 2.07. The van der Waals surface area contributed by atoms with Crippen LogP contribution in [0.15, 0.2) is 78.9 Å². The molecule has 0 saturated carbocycles. The van der Waals surface area contributed by atoms with Gasteiger partial charge < -0.3 is 0 Å². The fourth-order valence-corrected chi connectivity index (χ4v) is 2.65. The molecule has 0 bridgehead atoms. The maximum atomic E-state index is 10.8. The molecule has 0 aromatic heterocycles. The summed E-state index contributed by atoms with van der Waals surface area (Å²) in [7, 11) is 0. The molecule has 3 rings (SSSR count). The molecular formula is C22H18O. The molecule has 1 nitrogen and oxygen atoms in total. The number of carbonyl (C=O) groups excluding carboxylic acids is 1. The van der Waals surface area contributed by atoms with Crippen LogP contribution in [0.2, 0.25) is 0 Å². The molecule has 0 aliphatic heterocycles. The fraction of sp³-hybridized carbons (Fsp3) is 0.0455. The van der Waals surface area contributed by atoms with Crippen LogP contribution in [-0.4, -0.2) is 6.29 Å². The zero-order chi connectivity index (χ0) is 16.1. The molecule has 1 heteroatoms. The molecule has 0 aliphatic carbocycles. The molecular weight excluding hydrogens is 280 g/mol. The summed E-state index contributed by atoms with van der Waals surface area (Å²) in [5.41, 5.74) is 6.60. The van der Waals surface area contributed by atoms with Gasteiger partial charge in [-0.1, -0.05) is 78.9 Å². The van der Waals surface area contributed by atoms with Crippen LogP contribution < -0.4 is 0 Å². The Balaban J connectivity index is 2.13. The molecule has 3 aromatic carbocycles. The average Bonchev–Trinajstić information content (AvgIpc) is 2.62. The molecule has 0 heterocycles. The molecule has 0 unspecified atom stereocenters. The first-order valence-corrected chi connectivity index (χ1v) is 7.66. The number of hydrogen-bond acceptors (Lipinski definition) is 1. The second-order valence-electron chi connectivity index (χ2n) is 5.52. The fourth-order valence-electron chi connectivity index (χ4n) is 2.65. The summed E-state index contributed by atoms with van der Waals surface area (Å²) >= 11 is 0. The predicted molar refractivity (Wildman–Crippen MR) is 96.4 cm³/mol. The Kier molecular flexibility index (Phi) is 4.49. The quantitative estimate of drug-likeness (QED) is 0.466. The van der Waals surface area contributed by atoms with Crippen molar-refractivity contribution in [3.63, 3.8) is 0 Å². The molecule has 0 aliphatic rings. The second kappa shape index (κ2) is 6.89. The van der Waals surface area contributed by atoms with Crippen molar-refractivity contribution < 1.29 is 4.79 Å². The SMILES string of the molecule is Cc1ccccc1/C(=C\c1ccc(C=O)cc1)c1ccccc1. The third-order valence-corrected chi connectivity index (χ3v) is 3.90. The normalized spacial score (nSPS) is 11.3. The van der Waals surface area contributed by atoms with Crippen LogP contribution in [0.1, 0.15) is 32.6 Å². The number of hydrogen-bond donors (Lipinski definition) is 0. The average molecular weight is 298 g/mol. The Hall–Kier alpha value is -2.93. The highest BCUT2D eigenvalue weighted by atomic mass is 16.1. The van der Waals surface area contributed by atoms with Crippen molar-refractivity contribution in [3.05, 3.63) is 107 Å². The van der Waals surface area contributed by atoms with Crippen LogP contribution in [-0.2, 0) is 0 Å². The minimum absolute atomic E-state index is 0.694. The van der Waals surface area contributed by atoms with Gasteiger partial charge in [-0.05, 0) is 40.8 Å². The number of rotatable bonds is 4. The summed E-state index contributed by atoms with van der Waals surface area (Å²) in [6.45, 7) is 2.13. The number of aryl methyl sites for hydroxylation is 1. The van der Waals surface area contributed by atoms with Crippen molar-refractivity contribution in [2.45, 2.75) is 6.92 Å². The van der Waals surface area contributed by atoms with Gasteiger partial charge in [0.2, 0.25) is 0 Å². The van der Waals surface area contributed by atoms with Crippen molar-refractivity contribution in [2.24, 2.45) is 0 Å². The summed E-state index contributed by atoms with van der Waals surface area (Å²) in [6, 6.07) is 26.4. The van der Waals surface area contributed by atoms with Gasteiger partial charge in [-0.25, -0.2) is 0 Å². The molecule has 112 valence electrons. The van der Waals surface area contributed by atoms with E-state index in [0.717, 1.165) is 11.8 Å². The van der Waals surface area contributed by atoms with Gasteiger partial charge >= 0.3 is 0 Å². The van der Waals surface area contributed by atoms with Gasteiger partial charge in [-0.15, -0.1) is 0 Å². The Morgan fingerprint density at radius 1 is 0.739 bits per heavy atom. The molecule has 23 heavy (non-hydrogen) atoms. The monoisotopic (exact) mass is 298 g/mol. The molecule has 0 fully saturated rings. The van der Waals surface area contributed by atoms with Gasteiger partial charge in [0, 0.05) is 5.56 Å². The van der Waals surface area contributed by atoms with Gasteiger partial charge in [-0.3, -0.25) is 4.79 Å². The number of aldehydes is 1. The van der Waals surface area contributed by atoms with Gasteiger partial charge in [-0.2, -0.15) is 0 Å². The maximum Gasteiger partial charge on any atom is 0.150 e. The Bertz CT molecular complexity index is 827. The molecule has 0 amide bonds. The highest BCUT2D eigenvalue weighted by Crippen LogP contribution is 2.28. The largest absolute Gasteiger partial charge is 0.298 e. The Morgan fingerprint density at radius 2 is 1.35 bits per heavy atom. The van der Waals surface area contributed by atoms with Gasteiger partial charge in [0.1, 0.15) is 6.29 Å². The van der Waals surface area contributed by atoms with E-state index >= 15 is 0 Å². The minimum atomic E-state index is 0.694. The third-order valence-electron chi connectivity index (χ3n) is 3.90. The lowest BCUT2D eigenvalue weighted by atomic mass is 9.92. The first kappa shape index (κ1) is 15.0. The van der Waals surface area contributed by atoms with E-state index < -0.39 is 0 Å². The third kappa shape index (κ3) is 3.46. The first-order valence-electron chi connectivity index (χ1n) is 7.66. The minimum Gasteiger partial charge on any atom is -0.298 e. The molecule has 0 saturated heterocycles. The Morgan fingerprint density at radius 3 is 2.00 bits per heavy atom. The van der Waals surface area contributed by atoms with Crippen molar-refractivity contribution in [3.8, 4) is 0 Å². The summed E-state index contributed by atoms with van der Waals surface area (Å²) in [4.78, 5) is 10.8. The smallest absolute Gasteiger partial charge is 0.150 e. The summed E-state index contributed by atoms with van der Waals surface area (Å²) in [5.74, 6) is 0. The zero-order valence-corrected chi connectivity index (χ0v) is 13.1. The summed E-state index contributed by atoms with van der Waals surface area (Å²) in [6.07, 6.45) is 3.04. The molecule has 0 radical (unpaired) electrons. The second-order valence-corrected chi connectivity index (χ2v) is 5.52. The van der Waals surface area contributed by atoms with E-state index in [4.69, 9.17) is 0 Å². The van der Waals surface area contributed by atoms with Crippen LogP contribution in [0.25, 0.3) is 11.6 Å². The zero-order valence-electron chi connectivity index (χ0n) is 13.1. The van der Waals surface area contributed by atoms with Crippen LogP contribution in [0.4, 0.5) is 0 Å². The maximum absolute atomic E-state index is 10.8. The van der Waals surface area contributed by atoms with Crippen LogP contribution in [0.3, 0.4) is 0 Å². The predicted octanol–water partition coefficient (Wildman–Crippen LogP) is 5.40. The van der Waals surface area contributed by atoms with Crippen LogP contribution >= 0.6 is 0 Å². The van der Waals surface area contributed by atoms with E-state index in [9.17, 15) is 4.79 Å². The standard InChI is InChI=1S/C22H18O/c1-17-7-5-6-10-21(17)22(20-8-3-2-4-9-20)15-18-11-13-19(16-23)14-12-18/h2-16H,1H3/b22-15-.